The molecule has 2 N–H and O–H groups in total. The van der Waals surface area contributed by atoms with Crippen LogP contribution in [0.1, 0.15) is 19.3 Å². The van der Waals surface area contributed by atoms with E-state index in [1.165, 1.54) is 0 Å². The number of hydrogen-bond acceptors (Lipinski definition) is 4. The highest BCUT2D eigenvalue weighted by molar-refractivity contribution is 7.91. The summed E-state index contributed by atoms with van der Waals surface area (Å²) in [4.78, 5) is 4.45. The molecule has 0 aromatic rings. The van der Waals surface area contributed by atoms with Crippen LogP contribution in [-0.4, -0.2) is 58.2 Å². The number of terminal acetylenes is 1. The lowest BCUT2D eigenvalue weighted by Gasteiger charge is -2.15. The molecule has 0 bridgehead atoms. The number of guanidine groups is 1. The average molecular weight is 313 g/mol. The summed E-state index contributed by atoms with van der Waals surface area (Å²) in [6.07, 6.45) is 8.31. The molecule has 0 aromatic heterocycles. The smallest absolute Gasteiger partial charge is 0.192 e. The van der Waals surface area contributed by atoms with Gasteiger partial charge in [-0.1, -0.05) is 5.92 Å². The van der Waals surface area contributed by atoms with Crippen LogP contribution in [0.25, 0.3) is 0 Å². The zero-order valence-corrected chi connectivity index (χ0v) is 13.0. The third kappa shape index (κ3) is 5.56. The van der Waals surface area contributed by atoms with Gasteiger partial charge in [0.1, 0.15) is 0 Å². The van der Waals surface area contributed by atoms with Crippen molar-refractivity contribution in [1.29, 1.82) is 0 Å². The van der Waals surface area contributed by atoms with Crippen molar-refractivity contribution in [2.75, 3.05) is 37.7 Å². The minimum Gasteiger partial charge on any atom is -0.376 e. The Hall–Kier alpha value is -1.26. The highest BCUT2D eigenvalue weighted by Crippen LogP contribution is 2.18. The monoisotopic (exact) mass is 313 g/mol. The molecule has 2 fully saturated rings. The Morgan fingerprint density at radius 3 is 2.86 bits per heavy atom. The first-order valence-electron chi connectivity index (χ1n) is 7.37. The summed E-state index contributed by atoms with van der Waals surface area (Å²) in [5, 5.41) is 6.25. The quantitative estimate of drug-likeness (QED) is 0.416. The van der Waals surface area contributed by atoms with Crippen molar-refractivity contribution in [2.24, 2.45) is 10.9 Å². The molecule has 0 saturated carbocycles. The summed E-state index contributed by atoms with van der Waals surface area (Å²) >= 11 is 0. The molecule has 2 rings (SSSR count). The number of aliphatic imine (C=N–C) groups is 1. The molecule has 2 aliphatic rings. The summed E-state index contributed by atoms with van der Waals surface area (Å²) in [5.74, 6) is 3.78. The Labute approximate surface area is 126 Å². The molecule has 2 heterocycles. The molecule has 21 heavy (non-hydrogen) atoms. The average Bonchev–Trinajstić information content (AvgIpc) is 3.07. The Morgan fingerprint density at radius 1 is 1.38 bits per heavy atom. The van der Waals surface area contributed by atoms with Gasteiger partial charge >= 0.3 is 0 Å². The summed E-state index contributed by atoms with van der Waals surface area (Å²) in [6.45, 7) is 2.40. The Balaban J connectivity index is 1.82. The van der Waals surface area contributed by atoms with Gasteiger partial charge in [-0.2, -0.15) is 0 Å². The number of ether oxygens (including phenoxy) is 1. The van der Waals surface area contributed by atoms with Gasteiger partial charge in [0.25, 0.3) is 0 Å². The van der Waals surface area contributed by atoms with Gasteiger partial charge in [0.2, 0.25) is 0 Å². The van der Waals surface area contributed by atoms with Gasteiger partial charge in [0.05, 0.1) is 24.2 Å². The molecule has 0 radical (unpaired) electrons. The van der Waals surface area contributed by atoms with Crippen LogP contribution >= 0.6 is 0 Å². The molecule has 7 heteroatoms. The first kappa shape index (κ1) is 16.1. The van der Waals surface area contributed by atoms with Gasteiger partial charge in [0.15, 0.2) is 15.8 Å². The van der Waals surface area contributed by atoms with Crippen molar-refractivity contribution in [1.82, 2.24) is 10.6 Å². The predicted octanol–water partition coefficient (Wildman–Crippen LogP) is -0.231. The van der Waals surface area contributed by atoms with Crippen LogP contribution in [0.15, 0.2) is 4.99 Å². The number of nitrogens with one attached hydrogen (secondary N) is 2. The SMILES string of the molecule is C#CCNC(=NCC1CCS(=O)(=O)C1)NCC1CCCO1. The molecular formula is C14H23N3O3S. The largest absolute Gasteiger partial charge is 0.376 e. The van der Waals surface area contributed by atoms with Crippen molar-refractivity contribution >= 4 is 15.8 Å². The van der Waals surface area contributed by atoms with E-state index >= 15 is 0 Å². The molecule has 2 saturated heterocycles. The third-order valence-electron chi connectivity index (χ3n) is 3.71. The van der Waals surface area contributed by atoms with E-state index in [9.17, 15) is 8.42 Å². The summed E-state index contributed by atoms with van der Waals surface area (Å²) in [7, 11) is -2.85. The zero-order chi connectivity index (χ0) is 15.1. The molecular weight excluding hydrogens is 290 g/mol. The van der Waals surface area contributed by atoms with E-state index in [0.29, 0.717) is 32.0 Å². The van der Waals surface area contributed by atoms with Crippen LogP contribution in [0, 0.1) is 18.3 Å². The van der Waals surface area contributed by atoms with E-state index in [1.54, 1.807) is 0 Å². The van der Waals surface area contributed by atoms with Crippen LogP contribution in [0.2, 0.25) is 0 Å². The van der Waals surface area contributed by atoms with E-state index in [0.717, 1.165) is 19.4 Å². The second-order valence-electron chi connectivity index (χ2n) is 5.53. The van der Waals surface area contributed by atoms with Crippen LogP contribution in [0.5, 0.6) is 0 Å². The first-order chi connectivity index (χ1) is 10.1. The molecule has 0 spiro atoms. The Bertz CT molecular complexity index is 504. The number of rotatable bonds is 5. The topological polar surface area (TPSA) is 79.8 Å². The summed E-state index contributed by atoms with van der Waals surface area (Å²) in [6, 6.07) is 0. The maximum atomic E-state index is 11.4. The summed E-state index contributed by atoms with van der Waals surface area (Å²) < 4.78 is 28.4. The van der Waals surface area contributed by atoms with Crippen molar-refractivity contribution in [3.63, 3.8) is 0 Å². The lowest BCUT2D eigenvalue weighted by atomic mass is 10.1. The van der Waals surface area contributed by atoms with Gasteiger partial charge < -0.3 is 15.4 Å². The van der Waals surface area contributed by atoms with Crippen molar-refractivity contribution in [3.05, 3.63) is 0 Å². The fourth-order valence-corrected chi connectivity index (χ4v) is 4.41. The van der Waals surface area contributed by atoms with Gasteiger partial charge in [-0.3, -0.25) is 4.99 Å². The number of sulfone groups is 1. The minimum atomic E-state index is -2.85. The fraction of sp³-hybridized carbons (Fsp3) is 0.786. The van der Waals surface area contributed by atoms with Gasteiger partial charge in [-0.05, 0) is 25.2 Å². The Kier molecular flexibility index (Phi) is 5.88. The molecule has 0 amide bonds. The molecule has 6 nitrogen and oxygen atoms in total. The third-order valence-corrected chi connectivity index (χ3v) is 5.55. The second-order valence-corrected chi connectivity index (χ2v) is 7.76. The van der Waals surface area contributed by atoms with Gasteiger partial charge in [-0.15, -0.1) is 6.42 Å². The minimum absolute atomic E-state index is 0.113. The fourth-order valence-electron chi connectivity index (χ4n) is 2.56. The van der Waals surface area contributed by atoms with Crippen LogP contribution in [-0.2, 0) is 14.6 Å². The van der Waals surface area contributed by atoms with Gasteiger partial charge in [0, 0.05) is 19.7 Å². The second kappa shape index (κ2) is 7.66. The predicted molar refractivity (Wildman–Crippen MR) is 82.9 cm³/mol. The van der Waals surface area contributed by atoms with Crippen LogP contribution in [0.3, 0.4) is 0 Å². The highest BCUT2D eigenvalue weighted by atomic mass is 32.2. The van der Waals surface area contributed by atoms with E-state index in [1.807, 2.05) is 0 Å². The van der Waals surface area contributed by atoms with Gasteiger partial charge in [-0.25, -0.2) is 8.42 Å². The van der Waals surface area contributed by atoms with E-state index in [2.05, 4.69) is 21.5 Å². The standard InChI is InChI=1S/C14H23N3O3S/c1-2-6-15-14(17-10-13-4-3-7-20-13)16-9-12-5-8-21(18,19)11-12/h1,12-13H,3-11H2,(H2,15,16,17). The number of nitrogens with zero attached hydrogens (tertiary/aromatic N) is 1. The van der Waals surface area contributed by atoms with Crippen LogP contribution in [0.4, 0.5) is 0 Å². The van der Waals surface area contributed by atoms with E-state index in [-0.39, 0.29) is 23.5 Å². The first-order valence-corrected chi connectivity index (χ1v) is 9.19. The Morgan fingerprint density at radius 2 is 2.24 bits per heavy atom. The van der Waals surface area contributed by atoms with Crippen LogP contribution < -0.4 is 10.6 Å². The van der Waals surface area contributed by atoms with Crippen molar-refractivity contribution in [2.45, 2.75) is 25.4 Å². The zero-order valence-electron chi connectivity index (χ0n) is 12.2. The molecule has 0 aromatic carbocycles. The van der Waals surface area contributed by atoms with E-state index in [4.69, 9.17) is 11.2 Å². The maximum absolute atomic E-state index is 11.4. The summed E-state index contributed by atoms with van der Waals surface area (Å²) in [5.41, 5.74) is 0. The lowest BCUT2D eigenvalue weighted by Crippen LogP contribution is -2.41. The molecule has 118 valence electrons. The van der Waals surface area contributed by atoms with E-state index < -0.39 is 9.84 Å². The maximum Gasteiger partial charge on any atom is 0.192 e. The molecule has 2 atom stereocenters. The number of hydrogen-bond donors (Lipinski definition) is 2. The lowest BCUT2D eigenvalue weighted by molar-refractivity contribution is 0.114. The molecule has 0 aliphatic carbocycles. The highest BCUT2D eigenvalue weighted by Gasteiger charge is 2.27. The molecule has 2 unspecified atom stereocenters. The van der Waals surface area contributed by atoms with Crippen molar-refractivity contribution in [3.8, 4) is 12.3 Å². The van der Waals surface area contributed by atoms with Crippen molar-refractivity contribution < 1.29 is 13.2 Å². The normalized spacial score (nSPS) is 28.2. The molecule has 2 aliphatic heterocycles.